The molecule has 0 saturated carbocycles. The number of hydrogen-bond donors (Lipinski definition) is 0. The first-order chi connectivity index (χ1) is 8.70. The summed E-state index contributed by atoms with van der Waals surface area (Å²) in [6, 6.07) is 4.00. The summed E-state index contributed by atoms with van der Waals surface area (Å²) in [5.74, 6) is -1.04. The first kappa shape index (κ1) is 12.5. The Kier molecular flexibility index (Phi) is 3.88. The Balaban J connectivity index is 2.07. The number of halogens is 1. The maximum atomic E-state index is 13.6. The minimum absolute atomic E-state index is 0.112. The predicted molar refractivity (Wildman–Crippen MR) is 64.2 cm³/mol. The second-order valence-electron chi connectivity index (χ2n) is 3.40. The summed E-state index contributed by atoms with van der Waals surface area (Å²) in [6.07, 6.45) is 0. The van der Waals surface area contributed by atoms with Gasteiger partial charge in [0.1, 0.15) is 18.2 Å². The molecule has 1 heterocycles. The summed E-state index contributed by atoms with van der Waals surface area (Å²) in [7, 11) is 1.20. The number of rotatable bonds is 4. The first-order valence-corrected chi connectivity index (χ1v) is 6.02. The number of hydrogen-bond acceptors (Lipinski definition) is 5. The van der Waals surface area contributed by atoms with Gasteiger partial charge in [0.2, 0.25) is 0 Å². The zero-order valence-corrected chi connectivity index (χ0v) is 10.4. The molecule has 0 saturated heterocycles. The summed E-state index contributed by atoms with van der Waals surface area (Å²) in [6.45, 7) is 0.264. The van der Waals surface area contributed by atoms with E-state index in [0.29, 0.717) is 5.75 Å². The van der Waals surface area contributed by atoms with Gasteiger partial charge in [-0.2, -0.15) is 0 Å². The highest BCUT2D eigenvalue weighted by atomic mass is 32.1. The molecule has 0 N–H and O–H groups in total. The Bertz CT molecular complexity index is 542. The van der Waals surface area contributed by atoms with E-state index in [2.05, 4.69) is 9.72 Å². The van der Waals surface area contributed by atoms with E-state index in [4.69, 9.17) is 4.74 Å². The molecule has 0 fully saturated rings. The zero-order valence-electron chi connectivity index (χ0n) is 9.55. The van der Waals surface area contributed by atoms with Crippen LogP contribution in [0.4, 0.5) is 4.39 Å². The molecule has 0 spiro atoms. The summed E-state index contributed by atoms with van der Waals surface area (Å²) in [4.78, 5) is 15.2. The van der Waals surface area contributed by atoms with Crippen molar-refractivity contribution in [3.63, 3.8) is 0 Å². The van der Waals surface area contributed by atoms with Crippen LogP contribution >= 0.6 is 11.3 Å². The van der Waals surface area contributed by atoms with E-state index in [1.165, 1.54) is 30.6 Å². The smallest absolute Gasteiger partial charge is 0.340 e. The summed E-state index contributed by atoms with van der Waals surface area (Å²) in [5, 5.41) is 1.85. The van der Waals surface area contributed by atoms with E-state index in [-0.39, 0.29) is 12.2 Å². The number of thiazole rings is 1. The molecule has 0 aliphatic carbocycles. The molecule has 2 aromatic rings. The third-order valence-electron chi connectivity index (χ3n) is 2.22. The quantitative estimate of drug-likeness (QED) is 0.799. The van der Waals surface area contributed by atoms with Crippen molar-refractivity contribution in [2.24, 2.45) is 0 Å². The van der Waals surface area contributed by atoms with E-state index in [1.54, 1.807) is 5.51 Å². The Morgan fingerprint density at radius 1 is 1.50 bits per heavy atom. The topological polar surface area (TPSA) is 48.4 Å². The maximum absolute atomic E-state index is 13.6. The molecule has 94 valence electrons. The van der Waals surface area contributed by atoms with Crippen LogP contribution in [0.5, 0.6) is 5.75 Å². The maximum Gasteiger partial charge on any atom is 0.340 e. The van der Waals surface area contributed by atoms with Crippen molar-refractivity contribution in [1.29, 1.82) is 0 Å². The molecule has 0 aliphatic heterocycles. The molecule has 0 unspecified atom stereocenters. The molecular weight excluding hydrogens is 257 g/mol. The molecule has 0 radical (unpaired) electrons. The average Bonchev–Trinajstić information content (AvgIpc) is 2.88. The van der Waals surface area contributed by atoms with Crippen molar-refractivity contribution >= 4 is 17.3 Å². The molecular formula is C12H10FNO3S. The highest BCUT2D eigenvalue weighted by Crippen LogP contribution is 2.18. The Hall–Kier alpha value is -1.95. The van der Waals surface area contributed by atoms with Crippen LogP contribution in [0.15, 0.2) is 29.1 Å². The van der Waals surface area contributed by atoms with Gasteiger partial charge >= 0.3 is 5.97 Å². The number of aromatic nitrogens is 1. The fourth-order valence-corrected chi connectivity index (χ4v) is 1.87. The highest BCUT2D eigenvalue weighted by molar-refractivity contribution is 7.07. The Labute approximate surface area is 107 Å². The molecule has 4 nitrogen and oxygen atoms in total. The molecule has 18 heavy (non-hydrogen) atoms. The largest absolute Gasteiger partial charge is 0.487 e. The number of carbonyl (C=O) groups is 1. The predicted octanol–water partition coefficient (Wildman–Crippen LogP) is 2.65. The van der Waals surface area contributed by atoms with E-state index in [1.807, 2.05) is 5.38 Å². The van der Waals surface area contributed by atoms with Gasteiger partial charge in [0, 0.05) is 11.4 Å². The summed E-state index contributed by atoms with van der Waals surface area (Å²) in [5.41, 5.74) is 2.36. The lowest BCUT2D eigenvalue weighted by Gasteiger charge is -2.06. The van der Waals surface area contributed by atoms with E-state index >= 15 is 0 Å². The Morgan fingerprint density at radius 2 is 2.33 bits per heavy atom. The minimum atomic E-state index is -0.710. The van der Waals surface area contributed by atoms with Crippen LogP contribution in [-0.2, 0) is 11.3 Å². The number of methoxy groups -OCH3 is 1. The fraction of sp³-hybridized carbons (Fsp3) is 0.167. The van der Waals surface area contributed by atoms with E-state index in [9.17, 15) is 9.18 Å². The van der Waals surface area contributed by atoms with Gasteiger partial charge in [-0.3, -0.25) is 0 Å². The molecule has 0 amide bonds. The normalized spacial score (nSPS) is 10.1. The number of carbonyl (C=O) groups excluding carboxylic acids is 1. The summed E-state index contributed by atoms with van der Waals surface area (Å²) < 4.78 is 23.4. The third-order valence-corrected chi connectivity index (χ3v) is 2.85. The van der Waals surface area contributed by atoms with Gasteiger partial charge in [-0.05, 0) is 12.1 Å². The van der Waals surface area contributed by atoms with Gasteiger partial charge < -0.3 is 9.47 Å². The molecule has 0 aliphatic rings. The van der Waals surface area contributed by atoms with Gasteiger partial charge in [0.05, 0.1) is 23.9 Å². The van der Waals surface area contributed by atoms with Crippen LogP contribution in [-0.4, -0.2) is 18.1 Å². The average molecular weight is 267 g/mol. The second kappa shape index (κ2) is 5.59. The van der Waals surface area contributed by atoms with Crippen molar-refractivity contribution in [3.8, 4) is 5.75 Å². The SMILES string of the molecule is COC(=O)c1ccc(OCc2cscn2)cc1F. The molecule has 1 aromatic heterocycles. The van der Waals surface area contributed by atoms with Crippen LogP contribution in [0.25, 0.3) is 0 Å². The first-order valence-electron chi connectivity index (χ1n) is 5.08. The number of ether oxygens (including phenoxy) is 2. The number of benzene rings is 1. The van der Waals surface area contributed by atoms with Gasteiger partial charge in [-0.15, -0.1) is 11.3 Å². The molecule has 0 bridgehead atoms. The van der Waals surface area contributed by atoms with Gasteiger partial charge in [0.15, 0.2) is 0 Å². The highest BCUT2D eigenvalue weighted by Gasteiger charge is 2.12. The van der Waals surface area contributed by atoms with Gasteiger partial charge in [0.25, 0.3) is 0 Å². The lowest BCUT2D eigenvalue weighted by atomic mass is 10.2. The van der Waals surface area contributed by atoms with Crippen molar-refractivity contribution in [2.75, 3.05) is 7.11 Å². The van der Waals surface area contributed by atoms with Crippen LogP contribution in [0, 0.1) is 5.82 Å². The van der Waals surface area contributed by atoms with Gasteiger partial charge in [-0.1, -0.05) is 0 Å². The molecule has 2 rings (SSSR count). The lowest BCUT2D eigenvalue weighted by molar-refractivity contribution is 0.0595. The van der Waals surface area contributed by atoms with Crippen LogP contribution in [0.3, 0.4) is 0 Å². The van der Waals surface area contributed by atoms with Crippen molar-refractivity contribution < 1.29 is 18.7 Å². The Morgan fingerprint density at radius 3 is 2.94 bits per heavy atom. The zero-order chi connectivity index (χ0) is 13.0. The van der Waals surface area contributed by atoms with E-state index in [0.717, 1.165) is 11.8 Å². The standard InChI is InChI=1S/C12H10FNO3S/c1-16-12(15)10-3-2-9(4-11(10)13)17-5-8-6-18-7-14-8/h2-4,6-7H,5H2,1H3. The lowest BCUT2D eigenvalue weighted by Crippen LogP contribution is -2.05. The van der Waals surface area contributed by atoms with Crippen molar-refractivity contribution in [2.45, 2.75) is 6.61 Å². The van der Waals surface area contributed by atoms with Crippen molar-refractivity contribution in [1.82, 2.24) is 4.98 Å². The van der Waals surface area contributed by atoms with Crippen molar-refractivity contribution in [3.05, 3.63) is 46.2 Å². The third kappa shape index (κ3) is 2.84. The summed E-state index contributed by atoms with van der Waals surface area (Å²) >= 11 is 1.46. The number of nitrogens with zero attached hydrogens (tertiary/aromatic N) is 1. The van der Waals surface area contributed by atoms with Crippen LogP contribution in [0.2, 0.25) is 0 Å². The van der Waals surface area contributed by atoms with E-state index < -0.39 is 11.8 Å². The second-order valence-corrected chi connectivity index (χ2v) is 4.12. The molecule has 6 heteroatoms. The fourth-order valence-electron chi connectivity index (χ4n) is 1.33. The van der Waals surface area contributed by atoms with Gasteiger partial charge in [-0.25, -0.2) is 14.2 Å². The van der Waals surface area contributed by atoms with Crippen LogP contribution in [0.1, 0.15) is 16.1 Å². The molecule has 0 atom stereocenters. The minimum Gasteiger partial charge on any atom is -0.487 e. The monoisotopic (exact) mass is 267 g/mol. The van der Waals surface area contributed by atoms with Crippen LogP contribution < -0.4 is 4.74 Å². The number of esters is 1. The molecule has 1 aromatic carbocycles.